The quantitative estimate of drug-likeness (QED) is 0.754. The lowest BCUT2D eigenvalue weighted by Gasteiger charge is -1.99. The molecule has 94 valence electrons. The smallest absolute Gasteiger partial charge is 0.192 e. The number of hydrogen-bond donors (Lipinski definition) is 1. The average molecular weight is 298 g/mol. The topological polar surface area (TPSA) is 32.9 Å². The zero-order valence-electron chi connectivity index (χ0n) is 11.1. The van der Waals surface area contributed by atoms with Gasteiger partial charge >= 0.3 is 0 Å². The van der Waals surface area contributed by atoms with Gasteiger partial charge in [-0.1, -0.05) is 43.6 Å². The molecule has 0 amide bonds. The van der Waals surface area contributed by atoms with E-state index >= 15 is 0 Å². The molecule has 1 aromatic heterocycles. The van der Waals surface area contributed by atoms with E-state index in [-0.39, 0.29) is 5.43 Å². The third kappa shape index (κ3) is 4.00. The molecule has 0 saturated heterocycles. The second-order valence-corrected chi connectivity index (χ2v) is 3.91. The van der Waals surface area contributed by atoms with E-state index in [9.17, 15) is 4.79 Å². The van der Waals surface area contributed by atoms with E-state index in [1.54, 1.807) is 13.1 Å². The van der Waals surface area contributed by atoms with Gasteiger partial charge in [-0.25, -0.2) is 0 Å². The molecular weight excluding hydrogens is 278 g/mol. The van der Waals surface area contributed by atoms with Gasteiger partial charge < -0.3 is 4.98 Å². The normalized spacial score (nSPS) is 8.82. The molecule has 3 heteroatoms. The van der Waals surface area contributed by atoms with Gasteiger partial charge in [0.2, 0.25) is 0 Å². The van der Waals surface area contributed by atoms with Crippen LogP contribution in [-0.4, -0.2) is 4.98 Å². The Morgan fingerprint density at radius 2 is 1.71 bits per heavy atom. The third-order valence-corrected chi connectivity index (χ3v) is 2.52. The Kier molecular flexibility index (Phi) is 7.55. The molecule has 0 bridgehead atoms. The van der Waals surface area contributed by atoms with Crippen LogP contribution in [0.25, 0.3) is 10.9 Å². The first-order valence-electron chi connectivity index (χ1n) is 5.96. The van der Waals surface area contributed by atoms with Crippen molar-refractivity contribution in [1.82, 2.24) is 4.98 Å². The number of aryl methyl sites for hydroxylation is 1. The fourth-order valence-corrected chi connectivity index (χ4v) is 1.66. The molecule has 1 aromatic carbocycles. The van der Waals surface area contributed by atoms with Crippen molar-refractivity contribution in [3.05, 3.63) is 44.7 Å². The Morgan fingerprint density at radius 1 is 1.12 bits per heavy atom. The standard InChI is InChI=1S/C10H8BrNO.2C2H6/c1-6-5-12-9-3-2-7(11)4-8(9)10(6)13;2*1-2/h2-5H,1H3,(H,12,13);2*1-2H3. The highest BCUT2D eigenvalue weighted by Crippen LogP contribution is 2.15. The molecule has 0 spiro atoms. The second-order valence-electron chi connectivity index (χ2n) is 2.99. The summed E-state index contributed by atoms with van der Waals surface area (Å²) in [7, 11) is 0. The number of H-pyrrole nitrogens is 1. The van der Waals surface area contributed by atoms with Gasteiger partial charge in [0.1, 0.15) is 0 Å². The van der Waals surface area contributed by atoms with Gasteiger partial charge in [-0.2, -0.15) is 0 Å². The van der Waals surface area contributed by atoms with Gasteiger partial charge in [0.25, 0.3) is 0 Å². The fourth-order valence-electron chi connectivity index (χ4n) is 1.29. The van der Waals surface area contributed by atoms with Gasteiger partial charge in [-0.05, 0) is 25.1 Å². The largest absolute Gasteiger partial charge is 0.361 e. The number of hydrogen-bond acceptors (Lipinski definition) is 1. The van der Waals surface area contributed by atoms with E-state index in [2.05, 4.69) is 20.9 Å². The van der Waals surface area contributed by atoms with Crippen molar-refractivity contribution in [2.75, 3.05) is 0 Å². The van der Waals surface area contributed by atoms with Gasteiger partial charge in [0.05, 0.1) is 0 Å². The van der Waals surface area contributed by atoms with Crippen LogP contribution in [0.15, 0.2) is 33.7 Å². The minimum atomic E-state index is 0.0926. The zero-order chi connectivity index (χ0) is 13.4. The van der Waals surface area contributed by atoms with Crippen LogP contribution in [-0.2, 0) is 0 Å². The molecule has 0 aliphatic heterocycles. The van der Waals surface area contributed by atoms with Gasteiger partial charge in [-0.3, -0.25) is 4.79 Å². The van der Waals surface area contributed by atoms with Crippen LogP contribution in [0.1, 0.15) is 33.3 Å². The number of halogens is 1. The number of benzene rings is 1. The lowest BCUT2D eigenvalue weighted by Crippen LogP contribution is -2.05. The van der Waals surface area contributed by atoms with Crippen LogP contribution in [0, 0.1) is 6.92 Å². The lowest BCUT2D eigenvalue weighted by atomic mass is 10.2. The van der Waals surface area contributed by atoms with E-state index in [0.29, 0.717) is 0 Å². The molecule has 2 rings (SSSR count). The molecule has 1 N–H and O–H groups in total. The summed E-state index contributed by atoms with van der Waals surface area (Å²) in [6, 6.07) is 5.63. The molecular formula is C14H20BrNO. The maximum absolute atomic E-state index is 11.6. The SMILES string of the molecule is CC.CC.Cc1c[nH]c2ccc(Br)cc2c1=O. The van der Waals surface area contributed by atoms with Crippen LogP contribution in [0.5, 0.6) is 0 Å². The summed E-state index contributed by atoms with van der Waals surface area (Å²) in [5.74, 6) is 0. The maximum atomic E-state index is 11.6. The highest BCUT2D eigenvalue weighted by atomic mass is 79.9. The highest BCUT2D eigenvalue weighted by Gasteiger charge is 2.00. The van der Waals surface area contributed by atoms with Crippen molar-refractivity contribution < 1.29 is 0 Å². The van der Waals surface area contributed by atoms with Crippen LogP contribution < -0.4 is 5.43 Å². The Hall–Kier alpha value is -1.09. The molecule has 0 saturated carbocycles. The van der Waals surface area contributed by atoms with Crippen molar-refractivity contribution >= 4 is 26.8 Å². The number of aromatic amines is 1. The maximum Gasteiger partial charge on any atom is 0.192 e. The summed E-state index contributed by atoms with van der Waals surface area (Å²) in [5.41, 5.74) is 1.71. The Labute approximate surface area is 111 Å². The van der Waals surface area contributed by atoms with E-state index in [4.69, 9.17) is 0 Å². The number of nitrogens with one attached hydrogen (secondary N) is 1. The summed E-state index contributed by atoms with van der Waals surface area (Å²) in [5, 5.41) is 0.731. The van der Waals surface area contributed by atoms with Crippen LogP contribution in [0.4, 0.5) is 0 Å². The summed E-state index contributed by atoms with van der Waals surface area (Å²) in [6.45, 7) is 9.80. The molecule has 2 nitrogen and oxygen atoms in total. The van der Waals surface area contributed by atoms with Crippen molar-refractivity contribution in [3.8, 4) is 0 Å². The molecule has 17 heavy (non-hydrogen) atoms. The lowest BCUT2D eigenvalue weighted by molar-refractivity contribution is 1.30. The van der Waals surface area contributed by atoms with Crippen LogP contribution >= 0.6 is 15.9 Å². The van der Waals surface area contributed by atoms with E-state index in [1.807, 2.05) is 45.9 Å². The predicted octanol–water partition coefficient (Wildman–Crippen LogP) is 4.65. The third-order valence-electron chi connectivity index (χ3n) is 2.03. The minimum Gasteiger partial charge on any atom is -0.361 e. The predicted molar refractivity (Wildman–Crippen MR) is 79.7 cm³/mol. The summed E-state index contributed by atoms with van der Waals surface area (Å²) in [6.07, 6.45) is 1.73. The minimum absolute atomic E-state index is 0.0926. The van der Waals surface area contributed by atoms with Gasteiger partial charge in [0, 0.05) is 27.1 Å². The molecule has 0 aliphatic rings. The summed E-state index contributed by atoms with van der Waals surface area (Å²) >= 11 is 3.34. The molecule has 0 radical (unpaired) electrons. The monoisotopic (exact) mass is 297 g/mol. The molecule has 0 fully saturated rings. The average Bonchev–Trinajstić information content (AvgIpc) is 2.39. The van der Waals surface area contributed by atoms with E-state index < -0.39 is 0 Å². The first-order chi connectivity index (χ1) is 8.18. The van der Waals surface area contributed by atoms with Crippen molar-refractivity contribution in [3.63, 3.8) is 0 Å². The first-order valence-corrected chi connectivity index (χ1v) is 6.75. The van der Waals surface area contributed by atoms with Gasteiger partial charge in [0.15, 0.2) is 5.43 Å². The molecule has 2 aromatic rings. The zero-order valence-corrected chi connectivity index (χ0v) is 12.7. The molecule has 0 aliphatic carbocycles. The molecule has 0 unspecified atom stereocenters. The van der Waals surface area contributed by atoms with Crippen molar-refractivity contribution in [2.24, 2.45) is 0 Å². The number of aromatic nitrogens is 1. The van der Waals surface area contributed by atoms with E-state index in [1.165, 1.54) is 0 Å². The summed E-state index contributed by atoms with van der Waals surface area (Å²) in [4.78, 5) is 14.7. The highest BCUT2D eigenvalue weighted by molar-refractivity contribution is 9.10. The van der Waals surface area contributed by atoms with Crippen molar-refractivity contribution in [1.29, 1.82) is 0 Å². The molecule has 0 atom stereocenters. The Bertz CT molecular complexity index is 512. The number of fused-ring (bicyclic) bond motifs is 1. The Morgan fingerprint density at radius 3 is 2.29 bits per heavy atom. The first kappa shape index (κ1) is 15.9. The van der Waals surface area contributed by atoms with E-state index in [0.717, 1.165) is 20.9 Å². The van der Waals surface area contributed by atoms with Crippen LogP contribution in [0.3, 0.4) is 0 Å². The number of rotatable bonds is 0. The second kappa shape index (κ2) is 8.07. The summed E-state index contributed by atoms with van der Waals surface area (Å²) < 4.78 is 0.927. The van der Waals surface area contributed by atoms with Crippen LogP contribution in [0.2, 0.25) is 0 Å². The van der Waals surface area contributed by atoms with Crippen molar-refractivity contribution in [2.45, 2.75) is 34.6 Å². The fraction of sp³-hybridized carbons (Fsp3) is 0.357. The molecule has 1 heterocycles. The van der Waals surface area contributed by atoms with Gasteiger partial charge in [-0.15, -0.1) is 0 Å². The Balaban J connectivity index is 0.000000581. The number of pyridine rings is 1.